The first-order valence-electron chi connectivity index (χ1n) is 5.75. The van der Waals surface area contributed by atoms with Crippen molar-refractivity contribution in [2.24, 2.45) is 5.16 Å². The molecule has 0 aliphatic heterocycles. The lowest BCUT2D eigenvalue weighted by Crippen LogP contribution is -2.16. The topological polar surface area (TPSA) is 71.8 Å². The van der Waals surface area contributed by atoms with E-state index >= 15 is 0 Å². The van der Waals surface area contributed by atoms with E-state index in [9.17, 15) is 4.79 Å². The van der Waals surface area contributed by atoms with Crippen LogP contribution in [0.3, 0.4) is 0 Å². The van der Waals surface area contributed by atoms with Gasteiger partial charge >= 0.3 is 5.97 Å². The van der Waals surface area contributed by atoms with Crippen molar-refractivity contribution in [3.05, 3.63) is 64.4 Å². The Labute approximate surface area is 124 Å². The number of halogens is 1. The lowest BCUT2D eigenvalue weighted by Gasteiger charge is -2.06. The Morgan fingerprint density at radius 3 is 2.60 bits per heavy atom. The molecule has 0 bridgehead atoms. The molecule has 0 unspecified atom stereocenters. The second-order valence-corrected chi connectivity index (χ2v) is 4.76. The first-order chi connectivity index (χ1) is 9.70. The van der Waals surface area contributed by atoms with Gasteiger partial charge in [-0.1, -0.05) is 39.3 Å². The van der Waals surface area contributed by atoms with Crippen molar-refractivity contribution in [2.45, 2.75) is 0 Å². The molecule has 102 valence electrons. The molecule has 0 saturated heterocycles. The van der Waals surface area contributed by atoms with Crippen LogP contribution in [0.25, 0.3) is 0 Å². The molecule has 2 rings (SSSR count). The number of rotatable bonds is 4. The van der Waals surface area contributed by atoms with Gasteiger partial charge in [0.25, 0.3) is 0 Å². The lowest BCUT2D eigenvalue weighted by atomic mass is 10.1. The van der Waals surface area contributed by atoms with Gasteiger partial charge in [0, 0.05) is 16.2 Å². The van der Waals surface area contributed by atoms with E-state index in [2.05, 4.69) is 26.1 Å². The van der Waals surface area contributed by atoms with Crippen molar-refractivity contribution < 1.29 is 14.7 Å². The summed E-state index contributed by atoms with van der Waals surface area (Å²) in [6.07, 6.45) is 1.51. The van der Waals surface area contributed by atoms with Crippen LogP contribution in [-0.4, -0.2) is 28.5 Å². The maximum Gasteiger partial charge on any atom is 0.357 e. The molecule has 20 heavy (non-hydrogen) atoms. The fraction of sp³-hybridized carbons (Fsp3) is 0.0714. The highest BCUT2D eigenvalue weighted by Gasteiger charge is 2.11. The van der Waals surface area contributed by atoms with Crippen LogP contribution in [0.2, 0.25) is 0 Å². The van der Waals surface area contributed by atoms with Gasteiger partial charge in [-0.2, -0.15) is 0 Å². The van der Waals surface area contributed by atoms with Gasteiger partial charge in [-0.05, 0) is 24.3 Å². The van der Waals surface area contributed by atoms with Crippen LogP contribution in [0.4, 0.5) is 0 Å². The first kappa shape index (κ1) is 14.2. The predicted octanol–water partition coefficient (Wildman–Crippen LogP) is 2.88. The number of hydrogen-bond acceptors (Lipinski definition) is 5. The highest BCUT2D eigenvalue weighted by molar-refractivity contribution is 9.10. The van der Waals surface area contributed by atoms with Crippen LogP contribution < -0.4 is 0 Å². The predicted molar refractivity (Wildman–Crippen MR) is 77.0 cm³/mol. The highest BCUT2D eigenvalue weighted by Crippen LogP contribution is 2.11. The van der Waals surface area contributed by atoms with Crippen LogP contribution in [0.5, 0.6) is 0 Å². The van der Waals surface area contributed by atoms with Crippen LogP contribution >= 0.6 is 15.9 Å². The molecule has 1 aromatic carbocycles. The summed E-state index contributed by atoms with van der Waals surface area (Å²) < 4.78 is 5.97. The average molecular weight is 335 g/mol. The quantitative estimate of drug-likeness (QED) is 0.404. The van der Waals surface area contributed by atoms with Crippen molar-refractivity contribution >= 4 is 27.6 Å². The molecular formula is C14H11BrN2O3. The number of ether oxygens (including phenoxy) is 1. The average Bonchev–Trinajstić information content (AvgIpc) is 2.50. The van der Waals surface area contributed by atoms with E-state index in [1.54, 1.807) is 42.5 Å². The highest BCUT2D eigenvalue weighted by atomic mass is 79.9. The summed E-state index contributed by atoms with van der Waals surface area (Å²) in [4.78, 5) is 15.6. The molecule has 2 aromatic rings. The summed E-state index contributed by atoms with van der Waals surface area (Å²) in [7, 11) is 0. The van der Waals surface area contributed by atoms with Crippen LogP contribution in [0.1, 0.15) is 16.1 Å². The molecule has 5 nitrogen and oxygen atoms in total. The van der Waals surface area contributed by atoms with Crippen molar-refractivity contribution in [1.82, 2.24) is 4.98 Å². The fourth-order valence-electron chi connectivity index (χ4n) is 1.50. The standard InChI is InChI=1S/C14H11BrN2O3/c15-11-6-4-10(5-7-11)13(17-19)9-20-14(18)12-3-1-2-8-16-12/h1-8,19H,9H2/b17-13+. The number of carbonyl (C=O) groups excluding carboxylic acids is 1. The third-order valence-corrected chi connectivity index (χ3v) is 3.04. The number of oxime groups is 1. The van der Waals surface area contributed by atoms with E-state index in [-0.39, 0.29) is 18.0 Å². The zero-order chi connectivity index (χ0) is 14.4. The molecule has 0 fully saturated rings. The number of carbonyl (C=O) groups is 1. The van der Waals surface area contributed by atoms with E-state index < -0.39 is 5.97 Å². The van der Waals surface area contributed by atoms with Crippen molar-refractivity contribution in [2.75, 3.05) is 6.61 Å². The summed E-state index contributed by atoms with van der Waals surface area (Å²) in [6, 6.07) is 12.1. The van der Waals surface area contributed by atoms with Gasteiger partial charge in [0.1, 0.15) is 18.0 Å². The maximum absolute atomic E-state index is 11.7. The van der Waals surface area contributed by atoms with Gasteiger partial charge in [-0.3, -0.25) is 0 Å². The molecule has 0 radical (unpaired) electrons. The summed E-state index contributed by atoms with van der Waals surface area (Å²) in [6.45, 7) is -0.131. The molecule has 1 N–H and O–H groups in total. The van der Waals surface area contributed by atoms with Crippen molar-refractivity contribution in [1.29, 1.82) is 0 Å². The Bertz CT molecular complexity index is 612. The zero-order valence-electron chi connectivity index (χ0n) is 10.4. The number of esters is 1. The zero-order valence-corrected chi connectivity index (χ0v) is 11.9. The molecule has 0 aliphatic rings. The number of hydrogen-bond donors (Lipinski definition) is 1. The number of aromatic nitrogens is 1. The minimum Gasteiger partial charge on any atom is -0.454 e. The fourth-order valence-corrected chi connectivity index (χ4v) is 1.77. The van der Waals surface area contributed by atoms with Gasteiger partial charge in [-0.25, -0.2) is 9.78 Å². The summed E-state index contributed by atoms with van der Waals surface area (Å²) in [5.41, 5.74) is 1.15. The Hall–Kier alpha value is -2.21. The molecule has 0 atom stereocenters. The van der Waals surface area contributed by atoms with Crippen LogP contribution in [-0.2, 0) is 4.74 Å². The molecule has 0 amide bonds. The minimum atomic E-state index is -0.566. The van der Waals surface area contributed by atoms with Gasteiger partial charge in [0.2, 0.25) is 0 Å². The molecule has 6 heteroatoms. The van der Waals surface area contributed by atoms with E-state index in [1.165, 1.54) is 6.20 Å². The maximum atomic E-state index is 11.7. The monoisotopic (exact) mass is 334 g/mol. The van der Waals surface area contributed by atoms with E-state index in [0.717, 1.165) is 4.47 Å². The number of pyridine rings is 1. The van der Waals surface area contributed by atoms with E-state index in [0.29, 0.717) is 5.56 Å². The number of benzene rings is 1. The summed E-state index contributed by atoms with van der Waals surface area (Å²) in [5, 5.41) is 12.2. The lowest BCUT2D eigenvalue weighted by molar-refractivity contribution is 0.0555. The van der Waals surface area contributed by atoms with Crippen LogP contribution in [0, 0.1) is 0 Å². The van der Waals surface area contributed by atoms with E-state index in [4.69, 9.17) is 9.94 Å². The molecular weight excluding hydrogens is 324 g/mol. The third kappa shape index (κ3) is 3.64. The van der Waals surface area contributed by atoms with Crippen molar-refractivity contribution in [3.8, 4) is 0 Å². The molecule has 0 aliphatic carbocycles. The van der Waals surface area contributed by atoms with E-state index in [1.807, 2.05) is 0 Å². The Balaban J connectivity index is 2.02. The summed E-state index contributed by atoms with van der Waals surface area (Å²) in [5.74, 6) is -0.566. The molecule has 1 aromatic heterocycles. The third-order valence-electron chi connectivity index (χ3n) is 2.51. The smallest absolute Gasteiger partial charge is 0.357 e. The van der Waals surface area contributed by atoms with Gasteiger partial charge in [0.05, 0.1) is 0 Å². The van der Waals surface area contributed by atoms with Crippen molar-refractivity contribution in [3.63, 3.8) is 0 Å². The molecule has 0 spiro atoms. The SMILES string of the molecule is O=C(OC/C(=N\O)c1ccc(Br)cc1)c1ccccn1. The van der Waals surface area contributed by atoms with Crippen LogP contribution in [0.15, 0.2) is 58.3 Å². The number of nitrogens with zero attached hydrogens (tertiary/aromatic N) is 2. The molecule has 1 heterocycles. The van der Waals surface area contributed by atoms with Gasteiger partial charge in [-0.15, -0.1) is 0 Å². The summed E-state index contributed by atoms with van der Waals surface area (Å²) >= 11 is 3.31. The second kappa shape index (κ2) is 6.81. The Morgan fingerprint density at radius 1 is 1.25 bits per heavy atom. The normalized spacial score (nSPS) is 11.2. The van der Waals surface area contributed by atoms with Gasteiger partial charge < -0.3 is 9.94 Å². The largest absolute Gasteiger partial charge is 0.454 e. The Kier molecular flexibility index (Phi) is 4.84. The minimum absolute atomic E-state index is 0.131. The second-order valence-electron chi connectivity index (χ2n) is 3.84. The Morgan fingerprint density at radius 2 is 2.00 bits per heavy atom. The first-order valence-corrected chi connectivity index (χ1v) is 6.55. The molecule has 0 saturated carbocycles. The van der Waals surface area contributed by atoms with Gasteiger partial charge in [0.15, 0.2) is 0 Å².